The normalized spacial score (nSPS) is 43.0. The number of hydrogen-bond acceptors (Lipinski definition) is 2. The monoisotopic (exact) mass is 172 g/mol. The maximum absolute atomic E-state index is 5.75. The van der Waals surface area contributed by atoms with E-state index < -0.39 is 0 Å². The van der Waals surface area contributed by atoms with E-state index >= 15 is 0 Å². The Morgan fingerprint density at radius 1 is 1.42 bits per heavy atom. The summed E-state index contributed by atoms with van der Waals surface area (Å²) >= 11 is 0. The van der Waals surface area contributed by atoms with Crippen LogP contribution in [0.4, 0.5) is 0 Å². The molecule has 1 aliphatic rings. The highest BCUT2D eigenvalue weighted by Gasteiger charge is 2.32. The highest BCUT2D eigenvalue weighted by molar-refractivity contribution is 4.75. The third-order valence-electron chi connectivity index (χ3n) is 2.98. The Balaban J connectivity index is 2.52. The third-order valence-corrected chi connectivity index (χ3v) is 2.98. The zero-order valence-electron chi connectivity index (χ0n) is 8.54. The lowest BCUT2D eigenvalue weighted by atomic mass is 9.86. The standard InChI is InChI=1S/C10H20O2/c1-5-9-6-7(2)8(3)10(11-4)12-9/h7-10H,5-6H2,1-4H3/t7-,8+,9+,10?/m0/s1. The molecule has 0 spiro atoms. The van der Waals surface area contributed by atoms with Gasteiger partial charge in [0.15, 0.2) is 6.29 Å². The summed E-state index contributed by atoms with van der Waals surface area (Å²) in [6.07, 6.45) is 2.69. The molecule has 0 aromatic rings. The van der Waals surface area contributed by atoms with Crippen molar-refractivity contribution in [1.29, 1.82) is 0 Å². The van der Waals surface area contributed by atoms with Crippen LogP contribution >= 0.6 is 0 Å². The quantitative estimate of drug-likeness (QED) is 0.637. The van der Waals surface area contributed by atoms with E-state index in [0.717, 1.165) is 6.42 Å². The molecule has 0 N–H and O–H groups in total. The molecule has 1 heterocycles. The second kappa shape index (κ2) is 4.24. The van der Waals surface area contributed by atoms with Gasteiger partial charge in [0.2, 0.25) is 0 Å². The van der Waals surface area contributed by atoms with Crippen molar-refractivity contribution in [2.45, 2.75) is 46.0 Å². The molecule has 1 fully saturated rings. The maximum atomic E-state index is 5.75. The fourth-order valence-electron chi connectivity index (χ4n) is 1.80. The first-order valence-electron chi connectivity index (χ1n) is 4.87. The van der Waals surface area contributed by atoms with Gasteiger partial charge in [-0.2, -0.15) is 0 Å². The Labute approximate surface area is 75.2 Å². The van der Waals surface area contributed by atoms with E-state index in [-0.39, 0.29) is 6.29 Å². The molecule has 0 aliphatic carbocycles. The summed E-state index contributed by atoms with van der Waals surface area (Å²) in [6, 6.07) is 0. The van der Waals surface area contributed by atoms with E-state index in [4.69, 9.17) is 9.47 Å². The molecule has 72 valence electrons. The molecule has 0 radical (unpaired) electrons. The van der Waals surface area contributed by atoms with Gasteiger partial charge < -0.3 is 9.47 Å². The second-order valence-corrected chi connectivity index (χ2v) is 3.84. The van der Waals surface area contributed by atoms with Crippen molar-refractivity contribution in [3.8, 4) is 0 Å². The lowest BCUT2D eigenvalue weighted by Crippen LogP contribution is -2.39. The number of hydrogen-bond donors (Lipinski definition) is 0. The molecule has 0 saturated carbocycles. The van der Waals surface area contributed by atoms with Gasteiger partial charge >= 0.3 is 0 Å². The Kier molecular flexibility index (Phi) is 3.53. The smallest absolute Gasteiger partial charge is 0.160 e. The Morgan fingerprint density at radius 2 is 2.08 bits per heavy atom. The van der Waals surface area contributed by atoms with Gasteiger partial charge in [-0.1, -0.05) is 20.8 Å². The zero-order valence-corrected chi connectivity index (χ0v) is 8.54. The highest BCUT2D eigenvalue weighted by atomic mass is 16.7. The zero-order chi connectivity index (χ0) is 9.14. The summed E-state index contributed by atoms with van der Waals surface area (Å²) in [7, 11) is 1.73. The van der Waals surface area contributed by atoms with Crippen LogP contribution in [0.25, 0.3) is 0 Å². The van der Waals surface area contributed by atoms with Gasteiger partial charge in [0.05, 0.1) is 6.10 Å². The van der Waals surface area contributed by atoms with Crippen LogP contribution in [0.1, 0.15) is 33.6 Å². The Morgan fingerprint density at radius 3 is 2.58 bits per heavy atom. The van der Waals surface area contributed by atoms with Crippen LogP contribution in [0.3, 0.4) is 0 Å². The molecule has 2 heteroatoms. The number of rotatable bonds is 2. The van der Waals surface area contributed by atoms with Crippen LogP contribution in [0.2, 0.25) is 0 Å². The van der Waals surface area contributed by atoms with Crippen molar-refractivity contribution in [2.24, 2.45) is 11.8 Å². The van der Waals surface area contributed by atoms with Gasteiger partial charge in [0, 0.05) is 13.0 Å². The summed E-state index contributed by atoms with van der Waals surface area (Å²) in [5, 5.41) is 0. The minimum atomic E-state index is 0.0127. The fraction of sp³-hybridized carbons (Fsp3) is 1.00. The van der Waals surface area contributed by atoms with Gasteiger partial charge in [0.1, 0.15) is 0 Å². The van der Waals surface area contributed by atoms with Gasteiger partial charge in [-0.05, 0) is 18.8 Å². The first kappa shape index (κ1) is 10.0. The van der Waals surface area contributed by atoms with Crippen molar-refractivity contribution in [3.63, 3.8) is 0 Å². The largest absolute Gasteiger partial charge is 0.356 e. The molecule has 1 unspecified atom stereocenters. The van der Waals surface area contributed by atoms with E-state index in [9.17, 15) is 0 Å². The Bertz CT molecular complexity index is 136. The summed E-state index contributed by atoms with van der Waals surface area (Å²) < 4.78 is 11.0. The SMILES string of the molecule is CC[C@@H]1C[C@H](C)[C@@H](C)C(OC)O1. The first-order chi connectivity index (χ1) is 5.69. The number of ether oxygens (including phenoxy) is 2. The fourth-order valence-corrected chi connectivity index (χ4v) is 1.80. The molecule has 4 atom stereocenters. The average Bonchev–Trinajstić information content (AvgIpc) is 2.09. The minimum Gasteiger partial charge on any atom is -0.356 e. The van der Waals surface area contributed by atoms with Crippen LogP contribution in [-0.2, 0) is 9.47 Å². The molecule has 1 saturated heterocycles. The third kappa shape index (κ3) is 1.99. The summed E-state index contributed by atoms with van der Waals surface area (Å²) in [5.74, 6) is 1.24. The van der Waals surface area contributed by atoms with Crippen molar-refractivity contribution in [3.05, 3.63) is 0 Å². The molecule has 0 aromatic carbocycles. The van der Waals surface area contributed by atoms with E-state index in [2.05, 4.69) is 20.8 Å². The molecule has 12 heavy (non-hydrogen) atoms. The van der Waals surface area contributed by atoms with Crippen molar-refractivity contribution in [1.82, 2.24) is 0 Å². The van der Waals surface area contributed by atoms with E-state index in [1.807, 2.05) is 0 Å². The summed E-state index contributed by atoms with van der Waals surface area (Å²) in [6.45, 7) is 6.65. The summed E-state index contributed by atoms with van der Waals surface area (Å²) in [4.78, 5) is 0. The molecule has 1 rings (SSSR count). The van der Waals surface area contributed by atoms with Crippen molar-refractivity contribution >= 4 is 0 Å². The second-order valence-electron chi connectivity index (χ2n) is 3.84. The summed E-state index contributed by atoms with van der Waals surface area (Å²) in [5.41, 5.74) is 0. The molecule has 0 aromatic heterocycles. The predicted molar refractivity (Wildman–Crippen MR) is 48.9 cm³/mol. The Hall–Kier alpha value is -0.0800. The first-order valence-corrected chi connectivity index (χ1v) is 4.87. The van der Waals surface area contributed by atoms with E-state index in [0.29, 0.717) is 17.9 Å². The van der Waals surface area contributed by atoms with Gasteiger partial charge in [0.25, 0.3) is 0 Å². The molecular formula is C10H20O2. The molecule has 2 nitrogen and oxygen atoms in total. The van der Waals surface area contributed by atoms with Gasteiger partial charge in [-0.15, -0.1) is 0 Å². The predicted octanol–water partition coefficient (Wildman–Crippen LogP) is 2.43. The maximum Gasteiger partial charge on any atom is 0.160 e. The lowest BCUT2D eigenvalue weighted by Gasteiger charge is -2.37. The van der Waals surface area contributed by atoms with Crippen LogP contribution < -0.4 is 0 Å². The van der Waals surface area contributed by atoms with Crippen molar-refractivity contribution in [2.75, 3.05) is 7.11 Å². The van der Waals surface area contributed by atoms with E-state index in [1.54, 1.807) is 7.11 Å². The molecular weight excluding hydrogens is 152 g/mol. The van der Waals surface area contributed by atoms with Crippen molar-refractivity contribution < 1.29 is 9.47 Å². The lowest BCUT2D eigenvalue weighted by molar-refractivity contribution is -0.219. The van der Waals surface area contributed by atoms with Gasteiger partial charge in [-0.3, -0.25) is 0 Å². The topological polar surface area (TPSA) is 18.5 Å². The number of methoxy groups -OCH3 is 1. The van der Waals surface area contributed by atoms with Crippen LogP contribution in [0.15, 0.2) is 0 Å². The van der Waals surface area contributed by atoms with Gasteiger partial charge in [-0.25, -0.2) is 0 Å². The van der Waals surface area contributed by atoms with E-state index in [1.165, 1.54) is 6.42 Å². The molecule has 1 aliphatic heterocycles. The van der Waals surface area contributed by atoms with Crippen LogP contribution in [-0.4, -0.2) is 19.5 Å². The minimum absolute atomic E-state index is 0.0127. The highest BCUT2D eigenvalue weighted by Crippen LogP contribution is 2.31. The molecule has 0 amide bonds. The average molecular weight is 172 g/mol. The van der Waals surface area contributed by atoms with Crippen LogP contribution in [0, 0.1) is 11.8 Å². The van der Waals surface area contributed by atoms with Crippen LogP contribution in [0.5, 0.6) is 0 Å². The molecule has 0 bridgehead atoms.